The second-order valence-corrected chi connectivity index (χ2v) is 21.0. The highest BCUT2D eigenvalue weighted by Gasteiger charge is 2.18. The molecule has 0 fully saturated rings. The van der Waals surface area contributed by atoms with Crippen molar-refractivity contribution in [2.24, 2.45) is 0 Å². The number of aliphatic hydroxyl groups is 2. The average molecular weight is 971 g/mol. The second kappa shape index (κ2) is 58.6. The van der Waals surface area contributed by atoms with Gasteiger partial charge in [0.1, 0.15) is 0 Å². The minimum atomic E-state index is -0.841. The molecule has 0 saturated heterocycles. The number of allylic oxidation sites excluding steroid dienone is 5. The normalized spacial score (nSPS) is 12.8. The highest BCUT2D eigenvalue weighted by molar-refractivity contribution is 5.76. The van der Waals surface area contributed by atoms with Gasteiger partial charge in [0, 0.05) is 12.8 Å². The molecule has 6 nitrogen and oxygen atoms in total. The van der Waals surface area contributed by atoms with Gasteiger partial charge in [-0.2, -0.15) is 0 Å². The molecule has 0 bridgehead atoms. The summed E-state index contributed by atoms with van der Waals surface area (Å²) in [7, 11) is 0. The monoisotopic (exact) mass is 970 g/mol. The number of aliphatic hydroxyl groups excluding tert-OH is 2. The lowest BCUT2D eigenvalue weighted by Gasteiger charge is -2.20. The third kappa shape index (κ3) is 55.2. The van der Waals surface area contributed by atoms with Gasteiger partial charge in [-0.05, 0) is 77.0 Å². The Morgan fingerprint density at radius 3 is 1.07 bits per heavy atom. The lowest BCUT2D eigenvalue weighted by atomic mass is 10.0. The van der Waals surface area contributed by atoms with E-state index in [1.54, 1.807) is 6.08 Å². The number of nitrogens with one attached hydrogen (secondary N) is 1. The first-order valence-corrected chi connectivity index (χ1v) is 30.8. The molecule has 0 radical (unpaired) electrons. The molecule has 0 aromatic heterocycles. The summed E-state index contributed by atoms with van der Waals surface area (Å²) in [4.78, 5) is 24.4. The summed E-state index contributed by atoms with van der Waals surface area (Å²) in [6.07, 6.45) is 73.5. The molecule has 6 heteroatoms. The Balaban J connectivity index is 3.35. The number of hydrogen-bond donors (Lipinski definition) is 3. The predicted molar refractivity (Wildman–Crippen MR) is 301 cm³/mol. The van der Waals surface area contributed by atoms with Crippen LogP contribution in [0, 0.1) is 0 Å². The van der Waals surface area contributed by atoms with Crippen LogP contribution in [0.4, 0.5) is 0 Å². The largest absolute Gasteiger partial charge is 0.466 e. The number of ether oxygens (including phenoxy) is 1. The third-order valence-corrected chi connectivity index (χ3v) is 14.1. The van der Waals surface area contributed by atoms with Crippen molar-refractivity contribution in [2.75, 3.05) is 13.2 Å². The van der Waals surface area contributed by atoms with Gasteiger partial charge in [0.05, 0.1) is 25.4 Å². The standard InChI is InChI=1S/C63H119NO5/c1-3-5-7-9-11-13-36-41-45-49-53-57-63(68)69-58-54-50-46-42-38-35-33-31-29-27-25-23-21-19-17-15-16-18-20-22-24-26-28-30-32-34-37-40-44-48-52-56-62(67)64-60(59-65)61(66)55-51-47-43-39-14-12-10-8-6-4-2/h9,11,17,19,51,55,60-61,65-66H,3-8,10,12-16,18,20-50,52-54,56-59H2,1-2H3,(H,64,67)/b11-9-,19-17-,55-51+. The summed E-state index contributed by atoms with van der Waals surface area (Å²) < 4.78 is 5.46. The Morgan fingerprint density at radius 2 is 0.696 bits per heavy atom. The summed E-state index contributed by atoms with van der Waals surface area (Å²) in [6, 6.07) is -0.624. The van der Waals surface area contributed by atoms with Crippen LogP contribution in [0.25, 0.3) is 0 Å². The van der Waals surface area contributed by atoms with E-state index < -0.39 is 12.1 Å². The molecule has 0 saturated carbocycles. The molecule has 0 aromatic carbocycles. The topological polar surface area (TPSA) is 95.9 Å². The van der Waals surface area contributed by atoms with Crippen molar-refractivity contribution >= 4 is 11.9 Å². The van der Waals surface area contributed by atoms with Crippen LogP contribution >= 0.6 is 0 Å². The first kappa shape index (κ1) is 67.1. The number of esters is 1. The number of carbonyl (C=O) groups is 2. The Labute approximate surface area is 430 Å². The van der Waals surface area contributed by atoms with E-state index in [-0.39, 0.29) is 18.5 Å². The maximum absolute atomic E-state index is 12.4. The molecule has 0 aromatic rings. The molecule has 0 aliphatic heterocycles. The van der Waals surface area contributed by atoms with Crippen LogP contribution in [0.3, 0.4) is 0 Å². The molecule has 3 N–H and O–H groups in total. The fraction of sp³-hybridized carbons (Fsp3) is 0.873. The van der Waals surface area contributed by atoms with Crippen LogP contribution in [-0.2, 0) is 14.3 Å². The minimum absolute atomic E-state index is 0.00595. The highest BCUT2D eigenvalue weighted by atomic mass is 16.5. The lowest BCUT2D eigenvalue weighted by Crippen LogP contribution is -2.45. The maximum Gasteiger partial charge on any atom is 0.305 e. The van der Waals surface area contributed by atoms with E-state index in [4.69, 9.17) is 4.74 Å². The van der Waals surface area contributed by atoms with E-state index in [9.17, 15) is 19.8 Å². The Morgan fingerprint density at radius 1 is 0.391 bits per heavy atom. The van der Waals surface area contributed by atoms with Crippen molar-refractivity contribution in [1.82, 2.24) is 5.32 Å². The van der Waals surface area contributed by atoms with Crippen LogP contribution in [0.1, 0.15) is 328 Å². The zero-order valence-electron chi connectivity index (χ0n) is 46.3. The molecular formula is C63H119NO5. The van der Waals surface area contributed by atoms with E-state index >= 15 is 0 Å². The molecule has 406 valence electrons. The van der Waals surface area contributed by atoms with E-state index in [0.29, 0.717) is 19.4 Å². The molecule has 0 rings (SSSR count). The fourth-order valence-corrected chi connectivity index (χ4v) is 9.38. The van der Waals surface area contributed by atoms with E-state index in [1.807, 2.05) is 6.08 Å². The van der Waals surface area contributed by atoms with E-state index in [2.05, 4.69) is 43.5 Å². The fourth-order valence-electron chi connectivity index (χ4n) is 9.38. The highest BCUT2D eigenvalue weighted by Crippen LogP contribution is 2.17. The molecule has 2 unspecified atom stereocenters. The number of carbonyl (C=O) groups excluding carboxylic acids is 2. The maximum atomic E-state index is 12.4. The van der Waals surface area contributed by atoms with Gasteiger partial charge >= 0.3 is 5.97 Å². The first-order chi connectivity index (χ1) is 34.0. The zero-order valence-corrected chi connectivity index (χ0v) is 46.3. The van der Waals surface area contributed by atoms with Gasteiger partial charge in [0.15, 0.2) is 0 Å². The van der Waals surface area contributed by atoms with Crippen molar-refractivity contribution < 1.29 is 24.5 Å². The van der Waals surface area contributed by atoms with Gasteiger partial charge < -0.3 is 20.3 Å². The Kier molecular flexibility index (Phi) is 57.0. The van der Waals surface area contributed by atoms with Gasteiger partial charge in [-0.15, -0.1) is 0 Å². The van der Waals surface area contributed by atoms with E-state index in [0.717, 1.165) is 44.9 Å². The average Bonchev–Trinajstić information content (AvgIpc) is 3.35. The zero-order chi connectivity index (χ0) is 50.0. The summed E-state index contributed by atoms with van der Waals surface area (Å²) >= 11 is 0. The van der Waals surface area contributed by atoms with Gasteiger partial charge in [0.2, 0.25) is 5.91 Å². The molecule has 0 aliphatic carbocycles. The Bertz CT molecular complexity index is 1120. The quantitative estimate of drug-likeness (QED) is 0.0321. The van der Waals surface area contributed by atoms with E-state index in [1.165, 1.54) is 257 Å². The van der Waals surface area contributed by atoms with Crippen molar-refractivity contribution in [3.8, 4) is 0 Å². The summed E-state index contributed by atoms with van der Waals surface area (Å²) in [5.74, 6) is -0.0614. The van der Waals surface area contributed by atoms with Crippen molar-refractivity contribution in [3.63, 3.8) is 0 Å². The summed E-state index contributed by atoms with van der Waals surface area (Å²) in [6.45, 7) is 4.85. The van der Waals surface area contributed by atoms with Gasteiger partial charge in [-0.3, -0.25) is 9.59 Å². The molecule has 0 aliphatic rings. The lowest BCUT2D eigenvalue weighted by molar-refractivity contribution is -0.143. The molecular weight excluding hydrogens is 851 g/mol. The summed E-state index contributed by atoms with van der Waals surface area (Å²) in [5.41, 5.74) is 0. The van der Waals surface area contributed by atoms with Crippen molar-refractivity contribution in [1.29, 1.82) is 0 Å². The molecule has 2 atom stereocenters. The number of rotatable bonds is 57. The van der Waals surface area contributed by atoms with Crippen molar-refractivity contribution in [3.05, 3.63) is 36.5 Å². The van der Waals surface area contributed by atoms with Crippen LogP contribution in [0.2, 0.25) is 0 Å². The molecule has 1 amide bonds. The Hall–Kier alpha value is -1.92. The van der Waals surface area contributed by atoms with Crippen LogP contribution in [-0.4, -0.2) is 47.4 Å². The number of unbranched alkanes of at least 4 members (excludes halogenated alkanes) is 42. The number of hydrogen-bond acceptors (Lipinski definition) is 5. The molecule has 0 heterocycles. The van der Waals surface area contributed by atoms with Crippen molar-refractivity contribution in [2.45, 2.75) is 341 Å². The van der Waals surface area contributed by atoms with Crippen LogP contribution in [0.15, 0.2) is 36.5 Å². The summed E-state index contributed by atoms with van der Waals surface area (Å²) in [5, 5.41) is 23.0. The third-order valence-electron chi connectivity index (χ3n) is 14.1. The molecule has 69 heavy (non-hydrogen) atoms. The van der Waals surface area contributed by atoms with Gasteiger partial charge in [0.25, 0.3) is 0 Å². The SMILES string of the molecule is CCCC/C=C\CCCCCCCC(=O)OCCCCCCCCCCCCCC/C=C\CCCCCCCCCCCCCCCCCC(=O)NC(CO)C(O)/C=C/CCCCCCCCCC. The molecule has 0 spiro atoms. The number of amides is 1. The van der Waals surface area contributed by atoms with Crippen LogP contribution < -0.4 is 5.32 Å². The van der Waals surface area contributed by atoms with Gasteiger partial charge in [-0.25, -0.2) is 0 Å². The first-order valence-electron chi connectivity index (χ1n) is 30.8. The smallest absolute Gasteiger partial charge is 0.305 e. The second-order valence-electron chi connectivity index (χ2n) is 21.0. The minimum Gasteiger partial charge on any atom is -0.466 e. The predicted octanol–water partition coefficient (Wildman–Crippen LogP) is 19.2. The van der Waals surface area contributed by atoms with Gasteiger partial charge in [-0.1, -0.05) is 275 Å². The van der Waals surface area contributed by atoms with Crippen LogP contribution in [0.5, 0.6) is 0 Å².